The lowest BCUT2D eigenvalue weighted by atomic mass is 9.98. The van der Waals surface area contributed by atoms with Crippen LogP contribution in [0.25, 0.3) is 11.0 Å². The average molecular weight is 491 g/mol. The van der Waals surface area contributed by atoms with E-state index in [1.165, 1.54) is 4.31 Å². The normalized spacial score (nSPS) is 16.5. The van der Waals surface area contributed by atoms with E-state index in [0.717, 1.165) is 12.8 Å². The molecule has 0 radical (unpaired) electrons. The fourth-order valence-electron chi connectivity index (χ4n) is 4.10. The van der Waals surface area contributed by atoms with E-state index in [-0.39, 0.29) is 17.2 Å². The van der Waals surface area contributed by atoms with Gasteiger partial charge in [0.05, 0.1) is 17.5 Å². The number of piperidine rings is 1. The highest BCUT2D eigenvalue weighted by Gasteiger charge is 2.29. The Kier molecular flexibility index (Phi) is 7.57. The number of sulfonamides is 1. The number of imidazole rings is 1. The molecule has 2 heterocycles. The van der Waals surface area contributed by atoms with Crippen LogP contribution in [0.3, 0.4) is 0 Å². The van der Waals surface area contributed by atoms with Crippen molar-refractivity contribution in [2.24, 2.45) is 5.92 Å². The maximum Gasteiger partial charge on any atom is 0.323 e. The second kappa shape index (κ2) is 10.6. The Bertz CT molecular complexity index is 1250. The number of ether oxygens (including phenoxy) is 2. The number of H-pyrrole nitrogens is 2. The molecule has 184 valence electrons. The predicted molar refractivity (Wildman–Crippen MR) is 128 cm³/mol. The molecule has 1 saturated heterocycles. The molecule has 4 N–H and O–H groups in total. The zero-order valence-corrected chi connectivity index (χ0v) is 19.8. The number of methoxy groups -OCH3 is 1. The Balaban J connectivity index is 1.19. The molecular formula is C23H30N4O6S. The first kappa shape index (κ1) is 24.3. The van der Waals surface area contributed by atoms with Crippen molar-refractivity contribution in [2.75, 3.05) is 39.9 Å². The highest BCUT2D eigenvalue weighted by atomic mass is 32.2. The summed E-state index contributed by atoms with van der Waals surface area (Å²) in [5, 5.41) is 13.5. The second-order valence-electron chi connectivity index (χ2n) is 8.40. The first-order valence-electron chi connectivity index (χ1n) is 11.2. The molecule has 1 aliphatic rings. The van der Waals surface area contributed by atoms with Gasteiger partial charge in [-0.2, -0.15) is 4.31 Å². The Morgan fingerprint density at radius 1 is 1.15 bits per heavy atom. The first-order chi connectivity index (χ1) is 16.4. The fourth-order valence-corrected chi connectivity index (χ4v) is 5.57. The van der Waals surface area contributed by atoms with Crippen LogP contribution in [0.4, 0.5) is 0 Å². The van der Waals surface area contributed by atoms with Gasteiger partial charge < -0.3 is 29.9 Å². The monoisotopic (exact) mass is 490 g/mol. The van der Waals surface area contributed by atoms with Crippen LogP contribution in [0.5, 0.6) is 11.5 Å². The maximum atomic E-state index is 12.9. The van der Waals surface area contributed by atoms with Gasteiger partial charge in [-0.25, -0.2) is 13.2 Å². The molecule has 1 fully saturated rings. The van der Waals surface area contributed by atoms with Crippen molar-refractivity contribution in [2.45, 2.75) is 23.8 Å². The van der Waals surface area contributed by atoms with E-state index in [0.29, 0.717) is 54.6 Å². The topological polar surface area (TPSA) is 137 Å². The smallest absolute Gasteiger partial charge is 0.323 e. The number of aromatic nitrogens is 2. The lowest BCUT2D eigenvalue weighted by Crippen LogP contribution is -2.42. The molecule has 10 nitrogen and oxygen atoms in total. The number of nitrogens with zero attached hydrogens (tertiary/aromatic N) is 1. The second-order valence-corrected chi connectivity index (χ2v) is 10.3. The highest BCUT2D eigenvalue weighted by Crippen LogP contribution is 2.25. The third kappa shape index (κ3) is 5.61. The summed E-state index contributed by atoms with van der Waals surface area (Å²) in [5.74, 6) is 1.45. The quantitative estimate of drug-likeness (QED) is 0.336. The van der Waals surface area contributed by atoms with Gasteiger partial charge in [0.15, 0.2) is 0 Å². The molecule has 0 amide bonds. The van der Waals surface area contributed by atoms with E-state index in [4.69, 9.17) is 9.47 Å². The van der Waals surface area contributed by atoms with Gasteiger partial charge in [-0.3, -0.25) is 0 Å². The number of aromatic amines is 2. The highest BCUT2D eigenvalue weighted by molar-refractivity contribution is 7.89. The average Bonchev–Trinajstić information content (AvgIpc) is 3.24. The molecule has 2 aromatic carbocycles. The van der Waals surface area contributed by atoms with Gasteiger partial charge in [0.25, 0.3) is 0 Å². The van der Waals surface area contributed by atoms with E-state index in [1.807, 2.05) is 0 Å². The minimum Gasteiger partial charge on any atom is -0.497 e. The molecule has 0 aliphatic carbocycles. The molecule has 1 aliphatic heterocycles. The maximum absolute atomic E-state index is 12.9. The molecular weight excluding hydrogens is 460 g/mol. The SMILES string of the molecule is COc1ccc(S(=O)(=O)N2CCC(CNC[C@@H](O)COc3cccc4[nH]c(=O)[nH]c34)CC2)cc1. The van der Waals surface area contributed by atoms with Crippen LogP contribution in [-0.2, 0) is 10.0 Å². The molecule has 0 saturated carbocycles. The zero-order valence-electron chi connectivity index (χ0n) is 19.0. The van der Waals surface area contributed by atoms with Gasteiger partial charge in [-0.15, -0.1) is 0 Å². The number of benzene rings is 2. The van der Waals surface area contributed by atoms with Crippen LogP contribution < -0.4 is 20.5 Å². The van der Waals surface area contributed by atoms with Crippen LogP contribution in [0, 0.1) is 5.92 Å². The molecule has 4 rings (SSSR count). The largest absolute Gasteiger partial charge is 0.497 e. The summed E-state index contributed by atoms with van der Waals surface area (Å²) in [7, 11) is -1.97. The van der Waals surface area contributed by atoms with Crippen molar-refractivity contribution in [1.82, 2.24) is 19.6 Å². The van der Waals surface area contributed by atoms with Gasteiger partial charge >= 0.3 is 5.69 Å². The van der Waals surface area contributed by atoms with Gasteiger partial charge in [0.2, 0.25) is 10.0 Å². The molecule has 34 heavy (non-hydrogen) atoms. The molecule has 0 bridgehead atoms. The van der Waals surface area contributed by atoms with E-state index in [2.05, 4.69) is 15.3 Å². The van der Waals surface area contributed by atoms with Crippen molar-refractivity contribution in [3.63, 3.8) is 0 Å². The minimum absolute atomic E-state index is 0.0812. The summed E-state index contributed by atoms with van der Waals surface area (Å²) in [6, 6.07) is 11.7. The fraction of sp³-hybridized carbons (Fsp3) is 0.435. The third-order valence-corrected chi connectivity index (χ3v) is 7.94. The number of para-hydroxylation sites is 1. The van der Waals surface area contributed by atoms with Gasteiger partial charge in [-0.1, -0.05) is 6.07 Å². The van der Waals surface area contributed by atoms with Gasteiger partial charge in [-0.05, 0) is 61.7 Å². The summed E-state index contributed by atoms with van der Waals surface area (Å²) < 4.78 is 38.0. The van der Waals surface area contributed by atoms with Crippen LogP contribution >= 0.6 is 0 Å². The Morgan fingerprint density at radius 3 is 2.59 bits per heavy atom. The summed E-state index contributed by atoms with van der Waals surface area (Å²) in [6.07, 6.45) is 0.770. The van der Waals surface area contributed by atoms with Crippen molar-refractivity contribution in [1.29, 1.82) is 0 Å². The van der Waals surface area contributed by atoms with Crippen molar-refractivity contribution >= 4 is 21.1 Å². The van der Waals surface area contributed by atoms with Crippen molar-refractivity contribution in [3.8, 4) is 11.5 Å². The predicted octanol–water partition coefficient (Wildman–Crippen LogP) is 1.29. The Morgan fingerprint density at radius 2 is 1.88 bits per heavy atom. The summed E-state index contributed by atoms with van der Waals surface area (Å²) in [4.78, 5) is 17.1. The molecule has 1 atom stereocenters. The number of rotatable bonds is 10. The number of hydrogen-bond acceptors (Lipinski definition) is 7. The number of aliphatic hydroxyl groups is 1. The summed E-state index contributed by atoms with van der Waals surface area (Å²) >= 11 is 0. The van der Waals surface area contributed by atoms with Crippen LogP contribution in [0.1, 0.15) is 12.8 Å². The lowest BCUT2D eigenvalue weighted by molar-refractivity contribution is 0.105. The van der Waals surface area contributed by atoms with Crippen molar-refractivity contribution in [3.05, 3.63) is 52.9 Å². The van der Waals surface area contributed by atoms with Gasteiger partial charge in [0.1, 0.15) is 29.7 Å². The number of aliphatic hydroxyl groups excluding tert-OH is 1. The Labute approximate surface area is 197 Å². The molecule has 1 aromatic heterocycles. The number of hydrogen-bond donors (Lipinski definition) is 4. The minimum atomic E-state index is -3.52. The first-order valence-corrected chi connectivity index (χ1v) is 12.7. The standard InChI is InChI=1S/C23H30N4O6S/c1-32-18-5-7-19(8-6-18)34(30,31)27-11-9-16(10-12-27)13-24-14-17(28)15-33-21-4-2-3-20-22(21)26-23(29)25-20/h2-8,16-17,24,28H,9-15H2,1H3,(H2,25,26,29)/t17-/m1/s1. The number of fused-ring (bicyclic) bond motifs is 1. The lowest BCUT2D eigenvalue weighted by Gasteiger charge is -2.31. The van der Waals surface area contributed by atoms with E-state index in [1.54, 1.807) is 49.6 Å². The van der Waals surface area contributed by atoms with E-state index >= 15 is 0 Å². The van der Waals surface area contributed by atoms with Crippen LogP contribution in [0.15, 0.2) is 52.2 Å². The summed E-state index contributed by atoms with van der Waals surface area (Å²) in [6.45, 7) is 2.05. The molecule has 0 unspecified atom stereocenters. The third-order valence-electron chi connectivity index (χ3n) is 6.03. The molecule has 0 spiro atoms. The molecule has 3 aromatic rings. The van der Waals surface area contributed by atoms with Crippen LogP contribution in [0.2, 0.25) is 0 Å². The van der Waals surface area contributed by atoms with E-state index in [9.17, 15) is 18.3 Å². The molecule has 11 heteroatoms. The van der Waals surface area contributed by atoms with E-state index < -0.39 is 16.1 Å². The van der Waals surface area contributed by atoms with Gasteiger partial charge in [0, 0.05) is 19.6 Å². The Hall–Kier alpha value is -2.86. The zero-order chi connectivity index (χ0) is 24.1. The van der Waals surface area contributed by atoms with Crippen molar-refractivity contribution < 1.29 is 23.0 Å². The van der Waals surface area contributed by atoms with Crippen LogP contribution in [-0.4, -0.2) is 73.8 Å². The number of nitrogens with one attached hydrogen (secondary N) is 3. The summed E-state index contributed by atoms with van der Waals surface area (Å²) in [5.41, 5.74) is 0.913.